The van der Waals surface area contributed by atoms with Gasteiger partial charge >= 0.3 is 5.69 Å². The number of ether oxygens (including phenoxy) is 1. The Hall–Kier alpha value is -1.92. The number of ketones is 1. The molecule has 0 radical (unpaired) electrons. The number of rotatable bonds is 5. The van der Waals surface area contributed by atoms with Crippen molar-refractivity contribution in [3.8, 4) is 5.75 Å². The molecule has 1 heterocycles. The third kappa shape index (κ3) is 3.10. The summed E-state index contributed by atoms with van der Waals surface area (Å²) in [5.41, 5.74) is -0.258. The Morgan fingerprint density at radius 3 is 2.79 bits per heavy atom. The number of para-hydroxylation sites is 1. The highest BCUT2D eigenvalue weighted by Gasteiger charge is 2.19. The van der Waals surface area contributed by atoms with E-state index < -0.39 is 4.92 Å². The molecule has 0 amide bonds. The number of thiophene rings is 1. The van der Waals surface area contributed by atoms with Crippen molar-refractivity contribution in [1.82, 2.24) is 0 Å². The molecular weight excluding hydrogens is 290 g/mol. The molecule has 0 spiro atoms. The lowest BCUT2D eigenvalue weighted by Crippen LogP contribution is -2.11. The molecule has 0 unspecified atom stereocenters. The van der Waals surface area contributed by atoms with Crippen molar-refractivity contribution in [3.63, 3.8) is 0 Å². The first-order chi connectivity index (χ1) is 9.09. The van der Waals surface area contributed by atoms with E-state index >= 15 is 0 Å². The quantitative estimate of drug-likeness (QED) is 0.480. The fraction of sp³-hybridized carbons (Fsp3) is 0.0833. The van der Waals surface area contributed by atoms with Gasteiger partial charge in [-0.25, -0.2) is 0 Å². The Balaban J connectivity index is 2.16. The summed E-state index contributed by atoms with van der Waals surface area (Å²) in [7, 11) is 0. The zero-order valence-corrected chi connectivity index (χ0v) is 11.1. The maximum atomic E-state index is 11.7. The minimum absolute atomic E-state index is 0.0842. The number of carbonyl (C=O) groups excluding carboxylic acids is 1. The molecule has 0 saturated heterocycles. The molecule has 98 valence electrons. The van der Waals surface area contributed by atoms with Crippen molar-refractivity contribution in [2.45, 2.75) is 0 Å². The Labute approximate surface area is 117 Å². The van der Waals surface area contributed by atoms with E-state index in [0.29, 0.717) is 4.88 Å². The first-order valence-corrected chi connectivity index (χ1v) is 6.48. The highest BCUT2D eigenvalue weighted by molar-refractivity contribution is 7.12. The fourth-order valence-electron chi connectivity index (χ4n) is 1.43. The van der Waals surface area contributed by atoms with E-state index in [1.165, 1.54) is 29.5 Å². The van der Waals surface area contributed by atoms with Gasteiger partial charge in [-0.05, 0) is 17.5 Å². The van der Waals surface area contributed by atoms with Gasteiger partial charge in [0.15, 0.2) is 6.61 Å². The lowest BCUT2D eigenvalue weighted by molar-refractivity contribution is -0.385. The minimum atomic E-state index is -0.600. The summed E-state index contributed by atoms with van der Waals surface area (Å²) in [4.78, 5) is 22.5. The summed E-state index contributed by atoms with van der Waals surface area (Å²) >= 11 is 7.13. The number of benzene rings is 1. The van der Waals surface area contributed by atoms with Gasteiger partial charge in [-0.3, -0.25) is 14.9 Å². The van der Waals surface area contributed by atoms with E-state index in [4.69, 9.17) is 16.3 Å². The van der Waals surface area contributed by atoms with E-state index in [-0.39, 0.29) is 28.8 Å². The second-order valence-electron chi connectivity index (χ2n) is 3.53. The molecule has 7 heteroatoms. The van der Waals surface area contributed by atoms with Crippen LogP contribution in [0.4, 0.5) is 5.69 Å². The number of hydrogen-bond donors (Lipinski definition) is 0. The maximum absolute atomic E-state index is 11.7. The maximum Gasteiger partial charge on any atom is 0.312 e. The van der Waals surface area contributed by atoms with Crippen molar-refractivity contribution in [3.05, 3.63) is 55.7 Å². The van der Waals surface area contributed by atoms with Crippen LogP contribution in [-0.2, 0) is 0 Å². The van der Waals surface area contributed by atoms with E-state index in [1.807, 2.05) is 0 Å². The third-order valence-electron chi connectivity index (χ3n) is 2.29. The summed E-state index contributed by atoms with van der Waals surface area (Å²) in [5, 5.41) is 12.7. The number of nitro benzene ring substituents is 1. The normalized spacial score (nSPS) is 10.2. The molecule has 0 bridgehead atoms. The van der Waals surface area contributed by atoms with Crippen LogP contribution in [-0.4, -0.2) is 17.3 Å². The summed E-state index contributed by atoms with van der Waals surface area (Å²) in [6.45, 7) is -0.287. The predicted molar refractivity (Wildman–Crippen MR) is 72.3 cm³/mol. The highest BCUT2D eigenvalue weighted by Crippen LogP contribution is 2.34. The number of halogens is 1. The Bertz CT molecular complexity index is 612. The van der Waals surface area contributed by atoms with Gasteiger partial charge in [0.1, 0.15) is 0 Å². The van der Waals surface area contributed by atoms with Gasteiger partial charge in [0.05, 0.1) is 14.8 Å². The molecular formula is C12H8ClNO4S. The molecule has 19 heavy (non-hydrogen) atoms. The van der Waals surface area contributed by atoms with E-state index in [1.54, 1.807) is 17.5 Å². The smallest absolute Gasteiger partial charge is 0.312 e. The minimum Gasteiger partial charge on any atom is -0.477 e. The standard InChI is InChI=1S/C12H8ClNO4S/c13-8-3-1-4-9(14(16)17)12(8)18-7-10(15)11-5-2-6-19-11/h1-6H,7H2. The molecule has 0 saturated carbocycles. The molecule has 0 N–H and O–H groups in total. The molecule has 2 rings (SSSR count). The van der Waals surface area contributed by atoms with Crippen LogP contribution < -0.4 is 4.74 Å². The van der Waals surface area contributed by atoms with Gasteiger partial charge < -0.3 is 4.74 Å². The number of carbonyl (C=O) groups is 1. The van der Waals surface area contributed by atoms with Crippen LogP contribution >= 0.6 is 22.9 Å². The molecule has 1 aromatic carbocycles. The lowest BCUT2D eigenvalue weighted by Gasteiger charge is -2.06. The molecule has 2 aromatic rings. The van der Waals surface area contributed by atoms with Gasteiger partial charge in [0, 0.05) is 6.07 Å². The fourth-order valence-corrected chi connectivity index (χ4v) is 2.31. The third-order valence-corrected chi connectivity index (χ3v) is 3.50. The molecule has 0 fully saturated rings. The summed E-state index contributed by atoms with van der Waals surface area (Å²) in [6.07, 6.45) is 0. The number of hydrogen-bond acceptors (Lipinski definition) is 5. The second kappa shape index (κ2) is 5.81. The van der Waals surface area contributed by atoms with Crippen LogP contribution in [0.2, 0.25) is 5.02 Å². The predicted octanol–water partition coefficient (Wildman–Crippen LogP) is 3.57. The van der Waals surface area contributed by atoms with Crippen LogP contribution in [0.5, 0.6) is 5.75 Å². The molecule has 0 aliphatic carbocycles. The largest absolute Gasteiger partial charge is 0.477 e. The Morgan fingerprint density at radius 1 is 1.37 bits per heavy atom. The Morgan fingerprint density at radius 2 is 2.16 bits per heavy atom. The van der Waals surface area contributed by atoms with Gasteiger partial charge in [0.2, 0.25) is 11.5 Å². The zero-order chi connectivity index (χ0) is 13.8. The monoisotopic (exact) mass is 297 g/mol. The van der Waals surface area contributed by atoms with Gasteiger partial charge in [0.25, 0.3) is 0 Å². The topological polar surface area (TPSA) is 69.4 Å². The van der Waals surface area contributed by atoms with Crippen LogP contribution in [0.15, 0.2) is 35.7 Å². The van der Waals surface area contributed by atoms with Crippen molar-refractivity contribution >= 4 is 34.4 Å². The van der Waals surface area contributed by atoms with Crippen molar-refractivity contribution in [1.29, 1.82) is 0 Å². The molecule has 0 atom stereocenters. The summed E-state index contributed by atoms with van der Waals surface area (Å²) in [6, 6.07) is 7.61. The van der Waals surface area contributed by atoms with Crippen LogP contribution in [0.3, 0.4) is 0 Å². The van der Waals surface area contributed by atoms with Crippen molar-refractivity contribution < 1.29 is 14.5 Å². The van der Waals surface area contributed by atoms with Crippen LogP contribution in [0, 0.1) is 10.1 Å². The molecule has 0 aliphatic rings. The summed E-state index contributed by atoms with van der Waals surface area (Å²) < 4.78 is 5.20. The number of nitro groups is 1. The second-order valence-corrected chi connectivity index (χ2v) is 4.89. The number of Topliss-reactive ketones (excluding diaryl/α,β-unsaturated/α-hetero) is 1. The van der Waals surface area contributed by atoms with Gasteiger partial charge in [-0.2, -0.15) is 0 Å². The van der Waals surface area contributed by atoms with Crippen LogP contribution in [0.25, 0.3) is 0 Å². The number of nitrogens with zero attached hydrogens (tertiary/aromatic N) is 1. The molecule has 0 aliphatic heterocycles. The summed E-state index contributed by atoms with van der Waals surface area (Å²) in [5.74, 6) is -0.330. The Kier molecular flexibility index (Phi) is 4.13. The zero-order valence-electron chi connectivity index (χ0n) is 9.54. The van der Waals surface area contributed by atoms with Crippen molar-refractivity contribution in [2.75, 3.05) is 6.61 Å². The van der Waals surface area contributed by atoms with Crippen molar-refractivity contribution in [2.24, 2.45) is 0 Å². The van der Waals surface area contributed by atoms with E-state index in [2.05, 4.69) is 0 Å². The first kappa shape index (κ1) is 13.5. The van der Waals surface area contributed by atoms with E-state index in [9.17, 15) is 14.9 Å². The van der Waals surface area contributed by atoms with Gasteiger partial charge in [-0.1, -0.05) is 23.7 Å². The SMILES string of the molecule is O=C(COc1c(Cl)cccc1[N+](=O)[O-])c1cccs1. The van der Waals surface area contributed by atoms with E-state index in [0.717, 1.165) is 0 Å². The van der Waals surface area contributed by atoms with Gasteiger partial charge in [-0.15, -0.1) is 11.3 Å². The lowest BCUT2D eigenvalue weighted by atomic mass is 10.3. The highest BCUT2D eigenvalue weighted by atomic mass is 35.5. The average Bonchev–Trinajstić information content (AvgIpc) is 2.90. The molecule has 1 aromatic heterocycles. The molecule has 5 nitrogen and oxygen atoms in total. The first-order valence-electron chi connectivity index (χ1n) is 5.22. The van der Waals surface area contributed by atoms with Crippen LogP contribution in [0.1, 0.15) is 9.67 Å². The average molecular weight is 298 g/mol.